The monoisotopic (exact) mass is 544 g/mol. The maximum absolute atomic E-state index is 13.5. The molecule has 2 heterocycles. The molecule has 0 spiro atoms. The largest absolute Gasteiger partial charge is 0.497 e. The van der Waals surface area contributed by atoms with Gasteiger partial charge in [-0.15, -0.1) is 0 Å². The van der Waals surface area contributed by atoms with Gasteiger partial charge in [0.25, 0.3) is 5.91 Å². The summed E-state index contributed by atoms with van der Waals surface area (Å²) in [6.45, 7) is 4.20. The molecule has 0 saturated carbocycles. The molecule has 0 radical (unpaired) electrons. The Morgan fingerprint density at radius 2 is 1.87 bits per heavy atom. The zero-order valence-corrected chi connectivity index (χ0v) is 22.6. The lowest BCUT2D eigenvalue weighted by molar-refractivity contribution is -0.114. The molecule has 1 aliphatic heterocycles. The molecule has 2 amide bonds. The van der Waals surface area contributed by atoms with Crippen molar-refractivity contribution < 1.29 is 23.5 Å². The van der Waals surface area contributed by atoms with Crippen molar-refractivity contribution in [3.63, 3.8) is 0 Å². The SMILES string of the molecule is CCOc1ccc(NC(=O)C2=C(C)NC(SCC(=O)Nc3cccc(OC)c3)=C(C#N)[C@H]2c2ccco2)cc1. The van der Waals surface area contributed by atoms with Gasteiger partial charge >= 0.3 is 0 Å². The van der Waals surface area contributed by atoms with Crippen molar-refractivity contribution >= 4 is 35.0 Å². The van der Waals surface area contributed by atoms with Gasteiger partial charge in [-0.05, 0) is 62.4 Å². The van der Waals surface area contributed by atoms with Crippen molar-refractivity contribution in [1.82, 2.24) is 5.32 Å². The van der Waals surface area contributed by atoms with E-state index in [0.29, 0.717) is 51.5 Å². The van der Waals surface area contributed by atoms with Gasteiger partial charge in [0, 0.05) is 23.1 Å². The molecular weight excluding hydrogens is 516 g/mol. The van der Waals surface area contributed by atoms with Gasteiger partial charge in [-0.1, -0.05) is 17.8 Å². The summed E-state index contributed by atoms with van der Waals surface area (Å²) >= 11 is 1.18. The molecule has 0 fully saturated rings. The van der Waals surface area contributed by atoms with Crippen molar-refractivity contribution in [3.8, 4) is 17.6 Å². The lowest BCUT2D eigenvalue weighted by atomic mass is 9.85. The number of hydrogen-bond donors (Lipinski definition) is 3. The fourth-order valence-electron chi connectivity index (χ4n) is 4.10. The van der Waals surface area contributed by atoms with Crippen molar-refractivity contribution in [2.75, 3.05) is 30.1 Å². The van der Waals surface area contributed by atoms with E-state index < -0.39 is 5.92 Å². The molecule has 10 heteroatoms. The average molecular weight is 545 g/mol. The number of nitrogens with one attached hydrogen (secondary N) is 3. The number of benzene rings is 2. The number of methoxy groups -OCH3 is 1. The molecule has 0 unspecified atom stereocenters. The molecule has 3 N–H and O–H groups in total. The lowest BCUT2D eigenvalue weighted by Crippen LogP contribution is -2.31. The molecule has 200 valence electrons. The second-order valence-corrected chi connectivity index (χ2v) is 9.43. The number of ether oxygens (including phenoxy) is 2. The molecule has 2 aromatic carbocycles. The van der Waals surface area contributed by atoms with Crippen LogP contribution < -0.4 is 25.4 Å². The van der Waals surface area contributed by atoms with Gasteiger partial charge in [0.1, 0.15) is 17.3 Å². The van der Waals surface area contributed by atoms with Crippen LogP contribution in [0.15, 0.2) is 93.2 Å². The minimum Gasteiger partial charge on any atom is -0.497 e. The van der Waals surface area contributed by atoms with Crippen LogP contribution in [0.25, 0.3) is 0 Å². The van der Waals surface area contributed by atoms with Gasteiger partial charge in [0.05, 0.1) is 53.9 Å². The summed E-state index contributed by atoms with van der Waals surface area (Å²) in [7, 11) is 1.55. The summed E-state index contributed by atoms with van der Waals surface area (Å²) in [5.74, 6) is 0.429. The van der Waals surface area contributed by atoms with E-state index >= 15 is 0 Å². The van der Waals surface area contributed by atoms with Crippen molar-refractivity contribution in [2.45, 2.75) is 19.8 Å². The van der Waals surface area contributed by atoms with E-state index in [1.54, 1.807) is 74.7 Å². The minimum atomic E-state index is -0.752. The van der Waals surface area contributed by atoms with Crippen LogP contribution in [0, 0.1) is 11.3 Å². The van der Waals surface area contributed by atoms with Crippen molar-refractivity contribution in [2.24, 2.45) is 0 Å². The molecule has 3 aromatic rings. The number of thioether (sulfide) groups is 1. The van der Waals surface area contributed by atoms with E-state index in [-0.39, 0.29) is 23.1 Å². The van der Waals surface area contributed by atoms with Gasteiger partial charge in [0.2, 0.25) is 5.91 Å². The number of nitrogens with zero attached hydrogens (tertiary/aromatic N) is 1. The predicted octanol–water partition coefficient (Wildman–Crippen LogP) is 5.39. The maximum Gasteiger partial charge on any atom is 0.254 e. The van der Waals surface area contributed by atoms with Crippen molar-refractivity contribution in [3.05, 3.63) is 94.6 Å². The van der Waals surface area contributed by atoms with Crippen LogP contribution in [0.5, 0.6) is 11.5 Å². The molecule has 0 saturated heterocycles. The maximum atomic E-state index is 13.5. The molecule has 9 nitrogen and oxygen atoms in total. The molecule has 0 aliphatic carbocycles. The van der Waals surface area contributed by atoms with Crippen LogP contribution in [0.2, 0.25) is 0 Å². The molecular formula is C29H28N4O5S. The third kappa shape index (κ3) is 6.64. The topological polar surface area (TPSA) is 126 Å². The number of dihydropyridines is 1. The van der Waals surface area contributed by atoms with E-state index in [1.807, 2.05) is 6.92 Å². The third-order valence-electron chi connectivity index (χ3n) is 5.84. The third-order valence-corrected chi connectivity index (χ3v) is 6.86. The fourth-order valence-corrected chi connectivity index (χ4v) is 4.99. The Balaban J connectivity index is 1.54. The van der Waals surface area contributed by atoms with E-state index in [9.17, 15) is 14.9 Å². The van der Waals surface area contributed by atoms with Gasteiger partial charge in [0.15, 0.2) is 0 Å². The van der Waals surface area contributed by atoms with Gasteiger partial charge in [-0.3, -0.25) is 9.59 Å². The van der Waals surface area contributed by atoms with E-state index in [0.717, 1.165) is 0 Å². The van der Waals surface area contributed by atoms with E-state index in [1.165, 1.54) is 18.0 Å². The standard InChI is InChI=1S/C29H28N4O5S/c1-4-37-21-12-10-19(11-13-21)33-28(35)26-18(2)31-29(23(16-30)27(26)24-9-6-14-38-24)39-17-25(34)32-20-7-5-8-22(15-20)36-3/h5-15,27,31H,4,17H2,1-3H3,(H,32,34)(H,33,35)/t27-/m0/s1. The normalized spacial score (nSPS) is 14.8. The summed E-state index contributed by atoms with van der Waals surface area (Å²) < 4.78 is 16.3. The zero-order valence-electron chi connectivity index (χ0n) is 21.7. The van der Waals surface area contributed by atoms with Crippen LogP contribution in [0.3, 0.4) is 0 Å². The highest BCUT2D eigenvalue weighted by molar-refractivity contribution is 8.03. The Kier molecular flexibility index (Phi) is 8.97. The first kappa shape index (κ1) is 27.4. The number of carbonyl (C=O) groups is 2. The first-order valence-electron chi connectivity index (χ1n) is 12.2. The van der Waals surface area contributed by atoms with Gasteiger partial charge in [-0.25, -0.2) is 0 Å². The second kappa shape index (κ2) is 12.8. The first-order chi connectivity index (χ1) is 18.9. The first-order valence-corrected chi connectivity index (χ1v) is 13.2. The molecule has 1 aromatic heterocycles. The average Bonchev–Trinajstić information content (AvgIpc) is 3.47. The Hall–Kier alpha value is -4.62. The van der Waals surface area contributed by atoms with Crippen LogP contribution in [0.1, 0.15) is 25.5 Å². The second-order valence-electron chi connectivity index (χ2n) is 8.45. The molecule has 1 aliphatic rings. The number of amides is 2. The Morgan fingerprint density at radius 3 is 2.54 bits per heavy atom. The summed E-state index contributed by atoms with van der Waals surface area (Å²) in [5.41, 5.74) is 2.37. The minimum absolute atomic E-state index is 0.0383. The highest BCUT2D eigenvalue weighted by Crippen LogP contribution is 2.41. The highest BCUT2D eigenvalue weighted by atomic mass is 32.2. The molecule has 39 heavy (non-hydrogen) atoms. The lowest BCUT2D eigenvalue weighted by Gasteiger charge is -2.28. The molecule has 0 bridgehead atoms. The smallest absolute Gasteiger partial charge is 0.254 e. The summed E-state index contributed by atoms with van der Waals surface area (Å²) in [5, 5.41) is 19.5. The number of furan rings is 1. The van der Waals surface area contributed by atoms with Gasteiger partial charge in [-0.2, -0.15) is 5.26 Å². The number of anilines is 2. The number of allylic oxidation sites excluding steroid dienone is 2. The van der Waals surface area contributed by atoms with Crippen LogP contribution >= 0.6 is 11.8 Å². The molecule has 4 rings (SSSR count). The summed E-state index contributed by atoms with van der Waals surface area (Å²) in [4.78, 5) is 26.2. The van der Waals surface area contributed by atoms with Gasteiger partial charge < -0.3 is 29.8 Å². The Labute approximate surface area is 230 Å². The van der Waals surface area contributed by atoms with Crippen LogP contribution in [0.4, 0.5) is 11.4 Å². The number of nitriles is 1. The number of rotatable bonds is 10. The van der Waals surface area contributed by atoms with Crippen molar-refractivity contribution in [1.29, 1.82) is 5.26 Å². The number of hydrogen-bond acceptors (Lipinski definition) is 8. The van der Waals surface area contributed by atoms with E-state index in [4.69, 9.17) is 13.9 Å². The van der Waals surface area contributed by atoms with Crippen LogP contribution in [-0.4, -0.2) is 31.3 Å². The quantitative estimate of drug-likeness (QED) is 0.310. The zero-order chi connectivity index (χ0) is 27.8. The summed E-state index contributed by atoms with van der Waals surface area (Å²) in [6.07, 6.45) is 1.50. The Morgan fingerprint density at radius 1 is 1.08 bits per heavy atom. The summed E-state index contributed by atoms with van der Waals surface area (Å²) in [6, 6.07) is 19.8. The Bertz CT molecular complexity index is 1440. The fraction of sp³-hybridized carbons (Fsp3) is 0.207. The van der Waals surface area contributed by atoms with E-state index in [2.05, 4.69) is 22.0 Å². The predicted molar refractivity (Wildman–Crippen MR) is 150 cm³/mol. The molecule has 1 atom stereocenters. The number of carbonyl (C=O) groups excluding carboxylic acids is 2. The highest BCUT2D eigenvalue weighted by Gasteiger charge is 2.36. The van der Waals surface area contributed by atoms with Crippen LogP contribution in [-0.2, 0) is 9.59 Å².